The van der Waals surface area contributed by atoms with Crippen molar-refractivity contribution in [3.05, 3.63) is 0 Å². The summed E-state index contributed by atoms with van der Waals surface area (Å²) in [6.07, 6.45) is 6.54. The molecule has 4 aliphatic rings. The Balaban J connectivity index is 1.46. The first-order chi connectivity index (χ1) is 11.6. The van der Waals surface area contributed by atoms with Crippen molar-refractivity contribution in [3.8, 4) is 0 Å². The zero-order valence-corrected chi connectivity index (χ0v) is 14.5. The number of rotatable bonds is 2. The van der Waals surface area contributed by atoms with E-state index in [2.05, 4.69) is 10.2 Å². The largest absolute Gasteiger partial charge is 0.337 e. The zero-order valence-electron chi connectivity index (χ0n) is 14.5. The minimum absolute atomic E-state index is 0.0386. The number of nitrogens with two attached hydrogens (primary N) is 1. The van der Waals surface area contributed by atoms with Crippen LogP contribution in [0.15, 0.2) is 0 Å². The van der Waals surface area contributed by atoms with E-state index in [-0.39, 0.29) is 30.1 Å². The summed E-state index contributed by atoms with van der Waals surface area (Å²) in [5.74, 6) is 0.744. The Morgan fingerprint density at radius 1 is 1.12 bits per heavy atom. The fraction of sp³-hybridized carbons (Fsp3) is 0.944. The Labute approximate surface area is 144 Å². The van der Waals surface area contributed by atoms with Crippen LogP contribution < -0.4 is 11.1 Å². The highest BCUT2D eigenvalue weighted by atomic mass is 19.1. The van der Waals surface area contributed by atoms with Crippen LogP contribution in [0.4, 0.5) is 4.39 Å². The lowest BCUT2D eigenvalue weighted by Gasteiger charge is -2.51. The Morgan fingerprint density at radius 2 is 1.92 bits per heavy atom. The number of alkyl halides is 1. The van der Waals surface area contributed by atoms with Crippen molar-refractivity contribution in [2.45, 2.75) is 75.3 Å². The molecule has 5 nitrogen and oxygen atoms in total. The first-order valence-corrected chi connectivity index (χ1v) is 9.81. The molecule has 1 aliphatic carbocycles. The summed E-state index contributed by atoms with van der Waals surface area (Å²) in [5.41, 5.74) is 6.33. The third kappa shape index (κ3) is 2.97. The number of amides is 1. The lowest BCUT2D eigenvalue weighted by Crippen LogP contribution is -2.70. The average Bonchev–Trinajstić information content (AvgIpc) is 3.09. The van der Waals surface area contributed by atoms with Gasteiger partial charge in [-0.25, -0.2) is 4.39 Å². The van der Waals surface area contributed by atoms with E-state index in [1.807, 2.05) is 4.90 Å². The van der Waals surface area contributed by atoms with Crippen LogP contribution in [0.25, 0.3) is 0 Å². The van der Waals surface area contributed by atoms with Gasteiger partial charge in [-0.1, -0.05) is 12.8 Å². The molecule has 6 heteroatoms. The number of nitrogens with zero attached hydrogens (tertiary/aromatic N) is 2. The Hall–Kier alpha value is -0.720. The molecule has 4 rings (SSSR count). The van der Waals surface area contributed by atoms with Gasteiger partial charge in [-0.05, 0) is 31.6 Å². The second-order valence-electron chi connectivity index (χ2n) is 8.21. The van der Waals surface area contributed by atoms with Gasteiger partial charge in [0, 0.05) is 50.7 Å². The quantitative estimate of drug-likeness (QED) is 0.785. The van der Waals surface area contributed by atoms with E-state index in [4.69, 9.17) is 5.73 Å². The number of fused-ring (bicyclic) bond motifs is 1. The summed E-state index contributed by atoms with van der Waals surface area (Å²) in [6.45, 7) is 3.00. The van der Waals surface area contributed by atoms with E-state index >= 15 is 4.39 Å². The molecular weight excluding hydrogens is 307 g/mol. The maximum Gasteiger partial charge on any atom is 0.222 e. The van der Waals surface area contributed by atoms with Gasteiger partial charge in [-0.15, -0.1) is 0 Å². The minimum atomic E-state index is -0.900. The molecule has 3 N–H and O–H groups in total. The van der Waals surface area contributed by atoms with Crippen LogP contribution in [-0.2, 0) is 4.79 Å². The minimum Gasteiger partial charge on any atom is -0.337 e. The Morgan fingerprint density at radius 3 is 2.71 bits per heavy atom. The average molecular weight is 338 g/mol. The SMILES string of the molecule is NC1CNC(C2CCCC2)C(F)C1N1CCN2C(=O)CCCC2C1. The molecule has 0 radical (unpaired) electrons. The number of hydrogen-bond donors (Lipinski definition) is 2. The van der Waals surface area contributed by atoms with Crippen LogP contribution in [0.5, 0.6) is 0 Å². The third-order valence-corrected chi connectivity index (χ3v) is 6.79. The second kappa shape index (κ2) is 6.89. The van der Waals surface area contributed by atoms with Crippen LogP contribution >= 0.6 is 0 Å². The Kier molecular flexibility index (Phi) is 4.80. The molecule has 0 bridgehead atoms. The van der Waals surface area contributed by atoms with Crippen LogP contribution in [-0.4, -0.2) is 72.2 Å². The molecule has 24 heavy (non-hydrogen) atoms. The monoisotopic (exact) mass is 338 g/mol. The number of carbonyl (C=O) groups excluding carboxylic acids is 1. The smallest absolute Gasteiger partial charge is 0.222 e. The van der Waals surface area contributed by atoms with Gasteiger partial charge in [0.15, 0.2) is 0 Å². The molecule has 1 saturated carbocycles. The molecule has 3 aliphatic heterocycles. The molecule has 0 spiro atoms. The highest BCUT2D eigenvalue weighted by Gasteiger charge is 2.46. The molecule has 0 aromatic rings. The predicted octanol–water partition coefficient (Wildman–Crippen LogP) is 0.879. The third-order valence-electron chi connectivity index (χ3n) is 6.79. The zero-order chi connectivity index (χ0) is 16.7. The van der Waals surface area contributed by atoms with Gasteiger partial charge >= 0.3 is 0 Å². The van der Waals surface area contributed by atoms with Gasteiger partial charge in [0.25, 0.3) is 0 Å². The van der Waals surface area contributed by atoms with E-state index in [9.17, 15) is 4.79 Å². The van der Waals surface area contributed by atoms with E-state index in [1.165, 1.54) is 12.8 Å². The normalized spacial score (nSPS) is 42.3. The number of carbonyl (C=O) groups is 1. The summed E-state index contributed by atoms with van der Waals surface area (Å²) in [5, 5.41) is 3.40. The second-order valence-corrected chi connectivity index (χ2v) is 8.21. The topological polar surface area (TPSA) is 61.6 Å². The van der Waals surface area contributed by atoms with Gasteiger partial charge in [-0.2, -0.15) is 0 Å². The van der Waals surface area contributed by atoms with E-state index in [0.29, 0.717) is 18.9 Å². The van der Waals surface area contributed by atoms with Gasteiger partial charge in [0.2, 0.25) is 5.91 Å². The molecule has 1 amide bonds. The standard InChI is InChI=1S/C18H31FN4O/c19-16-17(12-4-1-2-5-12)21-10-14(20)18(16)22-8-9-23-13(11-22)6-3-7-15(23)24/h12-14,16-18,21H,1-11,20H2. The predicted molar refractivity (Wildman–Crippen MR) is 91.3 cm³/mol. The van der Waals surface area contributed by atoms with Crippen molar-refractivity contribution >= 4 is 5.91 Å². The maximum absolute atomic E-state index is 15.4. The molecule has 3 heterocycles. The molecular formula is C18H31FN4O. The number of nitrogens with one attached hydrogen (secondary N) is 1. The fourth-order valence-corrected chi connectivity index (χ4v) is 5.53. The molecule has 5 atom stereocenters. The summed E-state index contributed by atoms with van der Waals surface area (Å²) < 4.78 is 15.4. The summed E-state index contributed by atoms with van der Waals surface area (Å²) in [6, 6.07) is -0.137. The van der Waals surface area contributed by atoms with E-state index < -0.39 is 6.17 Å². The highest BCUT2D eigenvalue weighted by molar-refractivity contribution is 5.77. The van der Waals surface area contributed by atoms with Gasteiger partial charge in [0.1, 0.15) is 6.17 Å². The molecule has 5 unspecified atom stereocenters. The van der Waals surface area contributed by atoms with Gasteiger partial charge in [0.05, 0.1) is 6.04 Å². The Bertz CT molecular complexity index is 470. The summed E-state index contributed by atoms with van der Waals surface area (Å²) in [4.78, 5) is 16.3. The lowest BCUT2D eigenvalue weighted by atomic mass is 9.83. The first kappa shape index (κ1) is 16.7. The fourth-order valence-electron chi connectivity index (χ4n) is 5.53. The first-order valence-electron chi connectivity index (χ1n) is 9.81. The van der Waals surface area contributed by atoms with E-state index in [1.54, 1.807) is 0 Å². The lowest BCUT2D eigenvalue weighted by molar-refractivity contribution is -0.141. The number of piperazine rings is 1. The van der Waals surface area contributed by atoms with Crippen LogP contribution in [0, 0.1) is 5.92 Å². The molecule has 136 valence electrons. The maximum atomic E-state index is 15.4. The summed E-state index contributed by atoms with van der Waals surface area (Å²) in [7, 11) is 0. The molecule has 3 saturated heterocycles. The van der Waals surface area contributed by atoms with E-state index in [0.717, 1.165) is 45.3 Å². The molecule has 0 aromatic carbocycles. The number of hydrogen-bond acceptors (Lipinski definition) is 4. The number of piperidine rings is 2. The molecule has 0 aromatic heterocycles. The molecule has 4 fully saturated rings. The van der Waals surface area contributed by atoms with Crippen molar-refractivity contribution in [1.82, 2.24) is 15.1 Å². The van der Waals surface area contributed by atoms with Crippen LogP contribution in [0.3, 0.4) is 0 Å². The van der Waals surface area contributed by atoms with Gasteiger partial charge in [-0.3, -0.25) is 9.69 Å². The van der Waals surface area contributed by atoms with Crippen molar-refractivity contribution < 1.29 is 9.18 Å². The van der Waals surface area contributed by atoms with Crippen molar-refractivity contribution in [1.29, 1.82) is 0 Å². The summed E-state index contributed by atoms with van der Waals surface area (Å²) >= 11 is 0. The van der Waals surface area contributed by atoms with Crippen molar-refractivity contribution in [2.75, 3.05) is 26.2 Å². The van der Waals surface area contributed by atoms with Crippen molar-refractivity contribution in [2.24, 2.45) is 11.7 Å². The van der Waals surface area contributed by atoms with Crippen LogP contribution in [0.2, 0.25) is 0 Å². The number of halogens is 1. The highest BCUT2D eigenvalue weighted by Crippen LogP contribution is 2.34. The van der Waals surface area contributed by atoms with Crippen molar-refractivity contribution in [3.63, 3.8) is 0 Å². The van der Waals surface area contributed by atoms with Crippen LogP contribution in [0.1, 0.15) is 44.9 Å². The van der Waals surface area contributed by atoms with Gasteiger partial charge < -0.3 is 16.0 Å².